The molecule has 2 aromatic heterocycles. The van der Waals surface area contributed by atoms with Gasteiger partial charge in [-0.15, -0.1) is 11.3 Å². The van der Waals surface area contributed by atoms with E-state index in [9.17, 15) is 4.39 Å². The molecule has 9 aliphatic heterocycles. The lowest BCUT2D eigenvalue weighted by molar-refractivity contribution is -0.0662. The maximum atomic E-state index is 13.9. The summed E-state index contributed by atoms with van der Waals surface area (Å²) in [5.41, 5.74) is 20.3. The normalized spacial score (nSPS) is 22.1. The summed E-state index contributed by atoms with van der Waals surface area (Å²) in [6.07, 6.45) is 13.4. The molecule has 2 spiro atoms. The largest absolute Gasteiger partial charge is 0.346 e. The highest BCUT2D eigenvalue weighted by Gasteiger charge is 2.52. The second-order valence-electron chi connectivity index (χ2n) is 44.4. The third-order valence-electron chi connectivity index (χ3n) is 30.7. The molecule has 5 aromatic rings. The van der Waals surface area contributed by atoms with E-state index in [2.05, 4.69) is 329 Å². The first-order chi connectivity index (χ1) is 57.5. The summed E-state index contributed by atoms with van der Waals surface area (Å²) in [6, 6.07) is 28.9. The lowest BCUT2D eigenvalue weighted by Gasteiger charge is -2.56. The molecule has 2 aliphatic carbocycles. The predicted octanol–water partition coefficient (Wildman–Crippen LogP) is 24.5. The number of piperazine rings is 1. The van der Waals surface area contributed by atoms with E-state index in [0.717, 1.165) is 105 Å². The van der Waals surface area contributed by atoms with Crippen LogP contribution in [-0.2, 0) is 65.0 Å². The average Bonchev–Trinajstić information content (AvgIpc) is 1.55. The molecule has 2 unspecified atom stereocenters. The van der Waals surface area contributed by atoms with Crippen LogP contribution >= 0.6 is 11.3 Å². The Labute approximate surface area is 755 Å². The number of thiophene rings is 1. The van der Waals surface area contributed by atoms with E-state index in [1.165, 1.54) is 183 Å². The molecule has 11 nitrogen and oxygen atoms in total. The number of hydrogen-bond acceptors (Lipinski definition) is 11. The van der Waals surface area contributed by atoms with Crippen LogP contribution < -0.4 is 0 Å². The Bertz CT molecular complexity index is 3820. The standard InChI is InChI=1S/C15H22FN.2C15H23N.C13H26N2.C13H22N2.C13H21NS.C13H25N.C12H24N2/c1-10(2)12-5-6-15(16)14-9-17(11(3)4)8-7-13(12)14;1-11(2)13-5-6-15-10-16(12(3)4)8-7-14(15)9-13;1-11(2)14-7-5-6-13-10-16(12(3)4)9-8-15(13)14;1-11(2)14-7-5-13(6-8-14)9-15(10-13)12(3)4;1-10(2)13-6-5-12-9-14(11(3)4)7-8-15(12)13;1-9(2)12-8-15-13-7-14(10(3)4)6-5-11(12)13;1-9(2)11-5-12-7-14(10(3)4)8-13(12)6-11;1-10(2)13-7-8-14(11(3)4)12(9-13)5-6-12/h5-6,10-11H,7-9H2,1-4H3;5-6,9,11-12H,7-8,10H2,1-4H3;5-7,11-12H,8-10H2,1-4H3;11-12H,5-10H2,1-4H3;5-6,10-11H,7-9H2,1-4H3;8-10H,5-7H2,1-4H3;9-13H,5-8H2,1-4H3;10-11H,5-9H2,1-4H3. The molecule has 6 fully saturated rings. The van der Waals surface area contributed by atoms with Crippen LogP contribution in [0.15, 0.2) is 66.0 Å². The van der Waals surface area contributed by atoms with Crippen LogP contribution in [-0.4, -0.2) is 211 Å². The first-order valence-electron chi connectivity index (χ1n) is 50.2. The van der Waals surface area contributed by atoms with Crippen molar-refractivity contribution in [1.29, 1.82) is 0 Å². The minimum absolute atomic E-state index is 0.0326. The number of fused-ring (bicyclic) bond motifs is 6. The van der Waals surface area contributed by atoms with Crippen LogP contribution in [0.4, 0.5) is 4.39 Å². The lowest BCUT2D eigenvalue weighted by atomic mass is 9.71. The fraction of sp³-hybridized carbons (Fsp3) is 0.761. The van der Waals surface area contributed by atoms with Crippen molar-refractivity contribution < 1.29 is 4.39 Å². The SMILES string of the molecule is CC(C)C1CC2CN(C(C)C)CC2C1.CC(C)N1CCC2(CC1)CN(C(C)C)C2.CC(C)N1CCN(C(C)C)C2(CC2)C1.CC(C)c1ccc(F)c2c1CCN(C(C)C)C2.CC(C)c1ccc2c(c1)CCN(C(C)C)C2.CC(C)c1ccc2n1CCN(C(C)C)C2.CC(C)c1cccc2c1CCN(C(C)C)C2.CC(C)c1csc2c1CCN(C(C)C)C2. The summed E-state index contributed by atoms with van der Waals surface area (Å²) < 4.78 is 16.4. The first-order valence-corrected chi connectivity index (χ1v) is 51.1. The van der Waals surface area contributed by atoms with Crippen molar-refractivity contribution in [2.24, 2.45) is 29.1 Å². The van der Waals surface area contributed by atoms with Crippen LogP contribution in [0.1, 0.15) is 367 Å². The van der Waals surface area contributed by atoms with Crippen molar-refractivity contribution in [3.8, 4) is 0 Å². The smallest absolute Gasteiger partial charge is 0.127 e. The molecule has 11 aliphatic rings. The van der Waals surface area contributed by atoms with Crippen molar-refractivity contribution in [2.45, 2.75) is 421 Å². The van der Waals surface area contributed by atoms with Gasteiger partial charge < -0.3 is 14.4 Å². The first kappa shape index (κ1) is 102. The molecule has 0 N–H and O–H groups in total. The Morgan fingerprint density at radius 3 is 1.34 bits per heavy atom. The van der Waals surface area contributed by atoms with E-state index >= 15 is 0 Å². The monoisotopic (exact) mass is 1700 g/mol. The number of hydrogen-bond donors (Lipinski definition) is 0. The highest BCUT2D eigenvalue weighted by molar-refractivity contribution is 7.10. The number of nitrogens with zero attached hydrogens (tertiary/aromatic N) is 11. The van der Waals surface area contributed by atoms with Crippen LogP contribution in [0, 0.1) is 34.9 Å². The predicted molar refractivity (Wildman–Crippen MR) is 528 cm³/mol. The molecule has 11 heterocycles. The molecule has 16 rings (SSSR count). The van der Waals surface area contributed by atoms with Gasteiger partial charge in [-0.3, -0.25) is 39.2 Å². The molecular formula is C109H186FN11S. The van der Waals surface area contributed by atoms with E-state index in [0.29, 0.717) is 70.8 Å². The molecular weight excluding hydrogens is 1510 g/mol. The molecule has 0 radical (unpaired) electrons. The van der Waals surface area contributed by atoms with Gasteiger partial charge in [-0.1, -0.05) is 126 Å². The number of likely N-dealkylation sites (tertiary alicyclic amines) is 3. The van der Waals surface area contributed by atoms with Crippen molar-refractivity contribution in [1.82, 2.24) is 53.6 Å². The van der Waals surface area contributed by atoms with Crippen molar-refractivity contribution >= 4 is 11.3 Å². The second-order valence-corrected chi connectivity index (χ2v) is 45.4. The zero-order chi connectivity index (χ0) is 89.7. The van der Waals surface area contributed by atoms with Gasteiger partial charge in [0.05, 0.1) is 0 Å². The van der Waals surface area contributed by atoms with Crippen LogP contribution in [0.5, 0.6) is 0 Å². The molecule has 13 heteroatoms. The van der Waals surface area contributed by atoms with Crippen molar-refractivity contribution in [3.05, 3.63) is 149 Å². The van der Waals surface area contributed by atoms with E-state index in [-0.39, 0.29) is 5.82 Å². The zero-order valence-electron chi connectivity index (χ0n) is 84.7. The van der Waals surface area contributed by atoms with Gasteiger partial charge in [0.1, 0.15) is 5.82 Å². The Morgan fingerprint density at radius 1 is 0.344 bits per heavy atom. The maximum absolute atomic E-state index is 13.9. The lowest BCUT2D eigenvalue weighted by Crippen LogP contribution is -2.62. The minimum atomic E-state index is -0.0326. The fourth-order valence-corrected chi connectivity index (χ4v) is 22.9. The van der Waals surface area contributed by atoms with Crippen molar-refractivity contribution in [2.75, 3.05) is 91.6 Å². The van der Waals surface area contributed by atoms with Gasteiger partial charge in [0.15, 0.2) is 0 Å². The molecule has 2 saturated carbocycles. The summed E-state index contributed by atoms with van der Waals surface area (Å²) in [6.45, 7) is 97.7. The van der Waals surface area contributed by atoms with E-state index in [1.807, 2.05) is 17.4 Å². The number of halogens is 1. The Kier molecular flexibility index (Phi) is 38.5. The topological polar surface area (TPSA) is 37.3 Å². The van der Waals surface area contributed by atoms with Gasteiger partial charge in [-0.25, -0.2) is 4.39 Å². The Morgan fingerprint density at radius 2 is 0.836 bits per heavy atom. The average molecular weight is 1700 g/mol. The number of aromatic nitrogens is 1. The molecule has 122 heavy (non-hydrogen) atoms. The number of benzene rings is 3. The zero-order valence-corrected chi connectivity index (χ0v) is 85.6. The summed E-state index contributed by atoms with van der Waals surface area (Å²) in [5, 5.41) is 2.37. The van der Waals surface area contributed by atoms with Gasteiger partial charge in [-0.2, -0.15) is 0 Å². The van der Waals surface area contributed by atoms with Gasteiger partial charge in [0.2, 0.25) is 0 Å². The summed E-state index contributed by atoms with van der Waals surface area (Å²) >= 11 is 1.96. The third kappa shape index (κ3) is 27.2. The summed E-state index contributed by atoms with van der Waals surface area (Å²) in [5.74, 6) is 7.08. The van der Waals surface area contributed by atoms with Crippen LogP contribution in [0.25, 0.3) is 0 Å². The quantitative estimate of drug-likeness (QED) is 0.0954. The second kappa shape index (κ2) is 46.1. The third-order valence-corrected chi connectivity index (χ3v) is 31.7. The van der Waals surface area contributed by atoms with Crippen molar-refractivity contribution in [3.63, 3.8) is 0 Å². The summed E-state index contributed by atoms with van der Waals surface area (Å²) in [4.78, 5) is 27.5. The molecule has 690 valence electrons. The highest BCUT2D eigenvalue weighted by atomic mass is 32.1. The Balaban J connectivity index is 0.000000158. The minimum Gasteiger partial charge on any atom is -0.346 e. The van der Waals surface area contributed by atoms with E-state index in [1.54, 1.807) is 44.3 Å². The van der Waals surface area contributed by atoms with Gasteiger partial charge >= 0.3 is 0 Å². The molecule has 3 aromatic carbocycles. The highest BCUT2D eigenvalue weighted by Crippen LogP contribution is 2.47. The molecule has 2 atom stereocenters. The number of rotatable bonds is 16. The molecule has 0 bridgehead atoms. The van der Waals surface area contributed by atoms with Crippen LogP contribution in [0.3, 0.4) is 0 Å². The van der Waals surface area contributed by atoms with E-state index in [4.69, 9.17) is 0 Å². The fourth-order valence-electron chi connectivity index (χ4n) is 21.6. The van der Waals surface area contributed by atoms with Gasteiger partial charge in [-0.05, 0) is 354 Å². The molecule has 4 saturated heterocycles. The summed E-state index contributed by atoms with van der Waals surface area (Å²) in [7, 11) is 0. The van der Waals surface area contributed by atoms with E-state index < -0.39 is 0 Å². The van der Waals surface area contributed by atoms with Gasteiger partial charge in [0, 0.05) is 206 Å². The molecule has 0 amide bonds. The number of piperidine rings is 1. The van der Waals surface area contributed by atoms with Crippen LogP contribution in [0.2, 0.25) is 0 Å². The maximum Gasteiger partial charge on any atom is 0.127 e. The van der Waals surface area contributed by atoms with Gasteiger partial charge in [0.25, 0.3) is 0 Å². The Hall–Kier alpha value is -3.83.